The van der Waals surface area contributed by atoms with Gasteiger partial charge in [0.15, 0.2) is 17.1 Å². The van der Waals surface area contributed by atoms with Crippen LogP contribution < -0.4 is 20.9 Å². The molecule has 0 bridgehead atoms. The van der Waals surface area contributed by atoms with E-state index in [1.54, 1.807) is 24.9 Å². The third-order valence-corrected chi connectivity index (χ3v) is 7.57. The number of rotatable bonds is 6. The van der Waals surface area contributed by atoms with Crippen molar-refractivity contribution >= 4 is 23.5 Å². The average Bonchev–Trinajstić information content (AvgIpc) is 3.36. The molecule has 0 amide bonds. The number of hydrogen-bond acceptors (Lipinski definition) is 8. The van der Waals surface area contributed by atoms with E-state index in [4.69, 9.17) is 9.47 Å². The van der Waals surface area contributed by atoms with Crippen LogP contribution in [0.2, 0.25) is 0 Å². The quantitative estimate of drug-likeness (QED) is 0.551. The minimum absolute atomic E-state index is 0.0830. The molecule has 0 aromatic heterocycles. The number of aryl methyl sites for hydroxylation is 2. The number of benzene rings is 2. The van der Waals surface area contributed by atoms with E-state index in [-0.39, 0.29) is 22.9 Å². The first-order valence-corrected chi connectivity index (χ1v) is 11.7. The summed E-state index contributed by atoms with van der Waals surface area (Å²) in [6.45, 7) is 4.22. The Bertz CT molecular complexity index is 867. The van der Waals surface area contributed by atoms with E-state index in [0.717, 1.165) is 17.1 Å². The van der Waals surface area contributed by atoms with E-state index < -0.39 is 0 Å². The van der Waals surface area contributed by atoms with E-state index in [2.05, 4.69) is 48.2 Å². The summed E-state index contributed by atoms with van der Waals surface area (Å²) in [6, 6.07) is 12.3. The van der Waals surface area contributed by atoms with Crippen LogP contribution >= 0.6 is 23.5 Å². The lowest BCUT2D eigenvalue weighted by Gasteiger charge is -2.17. The Kier molecular flexibility index (Phi) is 6.58. The zero-order chi connectivity index (χ0) is 20.4. The van der Waals surface area contributed by atoms with Gasteiger partial charge in [-0.1, -0.05) is 29.8 Å². The molecule has 2 fully saturated rings. The molecule has 4 N–H and O–H groups in total. The van der Waals surface area contributed by atoms with Crippen LogP contribution in [0.1, 0.15) is 33.9 Å². The lowest BCUT2D eigenvalue weighted by molar-refractivity contribution is 0.0817. The van der Waals surface area contributed by atoms with Gasteiger partial charge in [0.25, 0.3) is 0 Å². The SMILES string of the molecule is COc1cc(C2NC(CSC3NNC(c4ccc(C)cc4C)O3)CS2)ccc1O. The third kappa shape index (κ3) is 4.84. The number of phenols is 1. The molecule has 0 aliphatic carbocycles. The molecular formula is C21H27N3O3S2. The van der Waals surface area contributed by atoms with Crippen molar-refractivity contribution in [3.63, 3.8) is 0 Å². The minimum atomic E-state index is -0.128. The fourth-order valence-electron chi connectivity index (χ4n) is 3.56. The van der Waals surface area contributed by atoms with Crippen molar-refractivity contribution in [1.82, 2.24) is 16.2 Å². The average molecular weight is 434 g/mol. The molecule has 2 heterocycles. The Hall–Kier alpha value is -1.42. The van der Waals surface area contributed by atoms with Crippen LogP contribution in [0.15, 0.2) is 36.4 Å². The Morgan fingerprint density at radius 1 is 1.21 bits per heavy atom. The summed E-state index contributed by atoms with van der Waals surface area (Å²) in [5.41, 5.74) is 11.2. The number of aromatic hydroxyl groups is 1. The maximum atomic E-state index is 9.79. The Balaban J connectivity index is 1.27. The summed E-state index contributed by atoms with van der Waals surface area (Å²) in [4.78, 5) is 0. The van der Waals surface area contributed by atoms with Gasteiger partial charge >= 0.3 is 0 Å². The predicted octanol–water partition coefficient (Wildman–Crippen LogP) is 3.56. The highest BCUT2D eigenvalue weighted by Gasteiger charge is 2.30. The van der Waals surface area contributed by atoms with Crippen LogP contribution in [-0.2, 0) is 4.74 Å². The lowest BCUT2D eigenvalue weighted by Crippen LogP contribution is -2.33. The van der Waals surface area contributed by atoms with E-state index in [1.807, 2.05) is 23.9 Å². The number of ether oxygens (including phenoxy) is 2. The van der Waals surface area contributed by atoms with Crippen molar-refractivity contribution in [2.24, 2.45) is 0 Å². The zero-order valence-electron chi connectivity index (χ0n) is 16.8. The summed E-state index contributed by atoms with van der Waals surface area (Å²) in [5, 5.41) is 13.7. The highest BCUT2D eigenvalue weighted by Crippen LogP contribution is 2.38. The second-order valence-electron chi connectivity index (χ2n) is 7.34. The van der Waals surface area contributed by atoms with E-state index in [0.29, 0.717) is 11.8 Å². The topological polar surface area (TPSA) is 74.8 Å². The third-order valence-electron chi connectivity index (χ3n) is 5.11. The Labute approximate surface area is 180 Å². The van der Waals surface area contributed by atoms with Crippen LogP contribution in [0, 0.1) is 13.8 Å². The molecule has 29 heavy (non-hydrogen) atoms. The molecule has 0 saturated carbocycles. The highest BCUT2D eigenvalue weighted by atomic mass is 32.2. The number of thioether (sulfide) groups is 2. The van der Waals surface area contributed by atoms with Crippen LogP contribution in [-0.4, -0.2) is 35.3 Å². The van der Waals surface area contributed by atoms with Crippen LogP contribution in [0.4, 0.5) is 0 Å². The molecule has 2 aliphatic heterocycles. The monoisotopic (exact) mass is 433 g/mol. The van der Waals surface area contributed by atoms with E-state index in [9.17, 15) is 5.11 Å². The number of nitrogens with one attached hydrogen (secondary N) is 3. The second-order valence-corrected chi connectivity index (χ2v) is 9.57. The van der Waals surface area contributed by atoms with Gasteiger partial charge in [-0.15, -0.1) is 23.5 Å². The second kappa shape index (κ2) is 9.16. The van der Waals surface area contributed by atoms with Crippen molar-refractivity contribution in [2.45, 2.75) is 37.1 Å². The van der Waals surface area contributed by atoms with Crippen LogP contribution in [0.25, 0.3) is 0 Å². The first-order valence-electron chi connectivity index (χ1n) is 9.63. The van der Waals surface area contributed by atoms with E-state index in [1.165, 1.54) is 16.7 Å². The van der Waals surface area contributed by atoms with Gasteiger partial charge in [0, 0.05) is 17.5 Å². The Morgan fingerprint density at radius 3 is 2.86 bits per heavy atom. The fraction of sp³-hybridized carbons (Fsp3) is 0.429. The highest BCUT2D eigenvalue weighted by molar-refractivity contribution is 8.00. The first-order chi connectivity index (χ1) is 14.0. The van der Waals surface area contributed by atoms with Gasteiger partial charge in [0.05, 0.1) is 12.5 Å². The van der Waals surface area contributed by atoms with Crippen molar-refractivity contribution < 1.29 is 14.6 Å². The first kappa shape index (κ1) is 20.8. The standard InChI is InChI=1S/C21H27N3O3S2/c1-12-4-6-16(13(2)8-12)19-23-24-21(27-19)29-11-15-10-28-20(22-15)14-5-7-17(25)18(9-14)26-3/h4-9,15,19-25H,10-11H2,1-3H3. The largest absolute Gasteiger partial charge is 0.504 e. The van der Waals surface area contributed by atoms with Gasteiger partial charge in [-0.3, -0.25) is 5.32 Å². The number of hydrogen-bond donors (Lipinski definition) is 4. The molecule has 0 spiro atoms. The lowest BCUT2D eigenvalue weighted by atomic mass is 10.0. The molecule has 8 heteroatoms. The van der Waals surface area contributed by atoms with Crippen LogP contribution in [0.5, 0.6) is 11.5 Å². The molecule has 156 valence electrons. The summed E-state index contributed by atoms with van der Waals surface area (Å²) in [7, 11) is 1.57. The van der Waals surface area contributed by atoms with Crippen molar-refractivity contribution in [3.8, 4) is 11.5 Å². The summed E-state index contributed by atoms with van der Waals surface area (Å²) >= 11 is 3.63. The molecule has 6 nitrogen and oxygen atoms in total. The van der Waals surface area contributed by atoms with Crippen molar-refractivity contribution in [3.05, 3.63) is 58.7 Å². The Morgan fingerprint density at radius 2 is 2.07 bits per heavy atom. The van der Waals surface area contributed by atoms with Crippen molar-refractivity contribution in [1.29, 1.82) is 0 Å². The molecule has 4 unspecified atom stereocenters. The number of hydrazine groups is 1. The summed E-state index contributed by atoms with van der Waals surface area (Å²) in [6.07, 6.45) is -0.128. The normalized spacial score (nSPS) is 26.7. The number of phenolic OH excluding ortho intramolecular Hbond substituents is 1. The van der Waals surface area contributed by atoms with Crippen LogP contribution in [0.3, 0.4) is 0 Å². The number of methoxy groups -OCH3 is 1. The maximum Gasteiger partial charge on any atom is 0.171 e. The predicted molar refractivity (Wildman–Crippen MR) is 119 cm³/mol. The van der Waals surface area contributed by atoms with Gasteiger partial charge in [-0.05, 0) is 42.7 Å². The molecule has 4 atom stereocenters. The zero-order valence-corrected chi connectivity index (χ0v) is 18.4. The molecule has 4 rings (SSSR count). The molecular weight excluding hydrogens is 406 g/mol. The molecule has 0 radical (unpaired) electrons. The van der Waals surface area contributed by atoms with Gasteiger partial charge in [0.1, 0.15) is 6.23 Å². The van der Waals surface area contributed by atoms with Gasteiger partial charge in [-0.25, -0.2) is 10.9 Å². The smallest absolute Gasteiger partial charge is 0.171 e. The van der Waals surface area contributed by atoms with E-state index >= 15 is 0 Å². The molecule has 2 aromatic carbocycles. The minimum Gasteiger partial charge on any atom is -0.504 e. The maximum absolute atomic E-state index is 9.79. The fourth-order valence-corrected chi connectivity index (χ4v) is 5.94. The molecule has 2 aliphatic rings. The van der Waals surface area contributed by atoms with Gasteiger partial charge in [-0.2, -0.15) is 0 Å². The van der Waals surface area contributed by atoms with Crippen molar-refractivity contribution in [2.75, 3.05) is 18.6 Å². The van der Waals surface area contributed by atoms with Gasteiger partial charge < -0.3 is 14.6 Å². The molecule has 2 saturated heterocycles. The van der Waals surface area contributed by atoms with Gasteiger partial charge in [0.2, 0.25) is 0 Å². The molecule has 2 aromatic rings. The summed E-state index contributed by atoms with van der Waals surface area (Å²) < 4.78 is 11.4. The summed E-state index contributed by atoms with van der Waals surface area (Å²) in [5.74, 6) is 2.65.